The largest absolute Gasteiger partial charge is 0.381 e. The van der Waals surface area contributed by atoms with Crippen molar-refractivity contribution in [2.75, 3.05) is 25.1 Å². The SMILES string of the molecule is O=c1[nH]nc(NCCCOCC2CC2)c(=O)[nH]1. The first kappa shape index (κ1) is 11.8. The Morgan fingerprint density at radius 3 is 2.94 bits per heavy atom. The second-order valence-electron chi connectivity index (χ2n) is 4.15. The molecule has 2 rings (SSSR count). The molecular formula is C10H16N4O3. The third-order valence-corrected chi connectivity index (χ3v) is 2.52. The van der Waals surface area contributed by atoms with Crippen molar-refractivity contribution in [1.29, 1.82) is 0 Å². The molecule has 1 aromatic heterocycles. The molecule has 0 amide bonds. The van der Waals surface area contributed by atoms with Crippen LogP contribution in [0.1, 0.15) is 19.3 Å². The number of aromatic nitrogens is 3. The van der Waals surface area contributed by atoms with E-state index >= 15 is 0 Å². The number of anilines is 1. The number of H-pyrrole nitrogens is 2. The minimum absolute atomic E-state index is 0.131. The minimum Gasteiger partial charge on any atom is -0.381 e. The van der Waals surface area contributed by atoms with Gasteiger partial charge in [0, 0.05) is 19.8 Å². The summed E-state index contributed by atoms with van der Waals surface area (Å²) in [5.41, 5.74) is -1.11. The van der Waals surface area contributed by atoms with Gasteiger partial charge in [-0.1, -0.05) is 0 Å². The summed E-state index contributed by atoms with van der Waals surface area (Å²) in [5.74, 6) is 0.901. The maximum atomic E-state index is 11.2. The van der Waals surface area contributed by atoms with Gasteiger partial charge in [-0.3, -0.25) is 9.78 Å². The van der Waals surface area contributed by atoms with Crippen molar-refractivity contribution in [3.05, 3.63) is 20.8 Å². The van der Waals surface area contributed by atoms with Crippen LogP contribution in [0, 0.1) is 5.92 Å². The molecule has 0 aromatic carbocycles. The molecule has 1 heterocycles. The Labute approximate surface area is 97.6 Å². The molecule has 17 heavy (non-hydrogen) atoms. The van der Waals surface area contributed by atoms with E-state index in [1.807, 2.05) is 0 Å². The second kappa shape index (κ2) is 5.62. The number of nitrogens with one attached hydrogen (secondary N) is 3. The summed E-state index contributed by atoms with van der Waals surface area (Å²) in [5, 5.41) is 8.60. The first-order valence-corrected chi connectivity index (χ1v) is 5.76. The fourth-order valence-electron chi connectivity index (χ4n) is 1.38. The van der Waals surface area contributed by atoms with Gasteiger partial charge in [-0.2, -0.15) is 0 Å². The maximum Gasteiger partial charge on any atom is 0.342 e. The van der Waals surface area contributed by atoms with Crippen LogP contribution >= 0.6 is 0 Å². The predicted octanol–water partition coefficient (Wildman–Crippen LogP) is -0.313. The minimum atomic E-state index is -0.603. The summed E-state index contributed by atoms with van der Waals surface area (Å²) >= 11 is 0. The van der Waals surface area contributed by atoms with Crippen LogP contribution < -0.4 is 16.6 Å². The Kier molecular flexibility index (Phi) is 3.92. The molecule has 1 saturated carbocycles. The van der Waals surface area contributed by atoms with Crippen LogP contribution in [0.15, 0.2) is 9.59 Å². The quantitative estimate of drug-likeness (QED) is 0.567. The fourth-order valence-corrected chi connectivity index (χ4v) is 1.38. The van der Waals surface area contributed by atoms with Gasteiger partial charge < -0.3 is 10.1 Å². The lowest BCUT2D eigenvalue weighted by atomic mass is 10.4. The average Bonchev–Trinajstić information content (AvgIpc) is 3.09. The van der Waals surface area contributed by atoms with Gasteiger partial charge in [0.2, 0.25) is 5.82 Å². The van der Waals surface area contributed by atoms with E-state index in [-0.39, 0.29) is 5.82 Å². The van der Waals surface area contributed by atoms with Gasteiger partial charge in [-0.25, -0.2) is 9.89 Å². The molecule has 1 aromatic rings. The molecule has 0 unspecified atom stereocenters. The molecule has 7 heteroatoms. The smallest absolute Gasteiger partial charge is 0.342 e. The van der Waals surface area contributed by atoms with Crippen LogP contribution in [0.5, 0.6) is 0 Å². The van der Waals surface area contributed by atoms with Crippen molar-refractivity contribution in [2.24, 2.45) is 5.92 Å². The Morgan fingerprint density at radius 2 is 2.24 bits per heavy atom. The molecule has 7 nitrogen and oxygen atoms in total. The number of nitrogens with zero attached hydrogens (tertiary/aromatic N) is 1. The molecule has 0 bridgehead atoms. The Balaban J connectivity index is 1.63. The summed E-state index contributed by atoms with van der Waals surface area (Å²) in [4.78, 5) is 24.0. The zero-order chi connectivity index (χ0) is 12.1. The molecule has 0 atom stereocenters. The maximum absolute atomic E-state index is 11.2. The van der Waals surface area contributed by atoms with Crippen molar-refractivity contribution in [1.82, 2.24) is 15.2 Å². The third-order valence-electron chi connectivity index (χ3n) is 2.52. The van der Waals surface area contributed by atoms with Gasteiger partial charge in [0.15, 0.2) is 0 Å². The van der Waals surface area contributed by atoms with Crippen LogP contribution in [-0.4, -0.2) is 34.9 Å². The lowest BCUT2D eigenvalue weighted by Crippen LogP contribution is -2.27. The molecule has 1 aliphatic rings. The zero-order valence-corrected chi connectivity index (χ0v) is 9.49. The molecule has 1 aliphatic carbocycles. The van der Waals surface area contributed by atoms with E-state index in [0.717, 1.165) is 18.9 Å². The topological polar surface area (TPSA) is 99.9 Å². The fraction of sp³-hybridized carbons (Fsp3) is 0.700. The first-order chi connectivity index (χ1) is 8.25. The molecule has 0 aliphatic heterocycles. The second-order valence-corrected chi connectivity index (χ2v) is 4.15. The highest BCUT2D eigenvalue weighted by atomic mass is 16.5. The van der Waals surface area contributed by atoms with Crippen LogP contribution in [-0.2, 0) is 4.74 Å². The standard InChI is InChI=1S/C10H16N4O3/c15-9-8(13-14-10(16)12-9)11-4-1-5-17-6-7-2-3-7/h7H,1-6H2,(H,11,13)(H2,12,14,15,16). The van der Waals surface area contributed by atoms with E-state index in [0.29, 0.717) is 13.2 Å². The van der Waals surface area contributed by atoms with Crippen LogP contribution in [0.4, 0.5) is 5.82 Å². The van der Waals surface area contributed by atoms with Crippen molar-refractivity contribution < 1.29 is 4.74 Å². The summed E-state index contributed by atoms with van der Waals surface area (Å²) in [7, 11) is 0. The van der Waals surface area contributed by atoms with Crippen LogP contribution in [0.3, 0.4) is 0 Å². The van der Waals surface area contributed by atoms with E-state index in [1.54, 1.807) is 0 Å². The third kappa shape index (κ3) is 4.03. The highest BCUT2D eigenvalue weighted by Crippen LogP contribution is 2.28. The Morgan fingerprint density at radius 1 is 1.41 bits per heavy atom. The highest BCUT2D eigenvalue weighted by molar-refractivity contribution is 5.28. The van der Waals surface area contributed by atoms with E-state index < -0.39 is 11.2 Å². The lowest BCUT2D eigenvalue weighted by molar-refractivity contribution is 0.124. The summed E-state index contributed by atoms with van der Waals surface area (Å²) < 4.78 is 5.44. The van der Waals surface area contributed by atoms with Crippen LogP contribution in [0.2, 0.25) is 0 Å². The molecule has 1 fully saturated rings. The van der Waals surface area contributed by atoms with Gasteiger partial charge in [0.05, 0.1) is 0 Å². The van der Waals surface area contributed by atoms with Crippen molar-refractivity contribution in [3.63, 3.8) is 0 Å². The number of hydrogen-bond acceptors (Lipinski definition) is 5. The van der Waals surface area contributed by atoms with E-state index in [1.165, 1.54) is 12.8 Å². The van der Waals surface area contributed by atoms with Gasteiger partial charge in [-0.15, -0.1) is 5.10 Å². The summed E-state index contributed by atoms with van der Waals surface area (Å²) in [6.45, 7) is 2.11. The zero-order valence-electron chi connectivity index (χ0n) is 9.49. The summed E-state index contributed by atoms with van der Waals surface area (Å²) in [6.07, 6.45) is 3.37. The van der Waals surface area contributed by atoms with Crippen molar-refractivity contribution in [2.45, 2.75) is 19.3 Å². The number of rotatable bonds is 7. The molecule has 0 spiro atoms. The Bertz CT molecular complexity index is 463. The predicted molar refractivity (Wildman–Crippen MR) is 62.1 cm³/mol. The lowest BCUT2D eigenvalue weighted by Gasteiger charge is -2.04. The summed E-state index contributed by atoms with van der Waals surface area (Å²) in [6, 6.07) is 0. The molecular weight excluding hydrogens is 224 g/mol. The highest BCUT2D eigenvalue weighted by Gasteiger charge is 2.20. The first-order valence-electron chi connectivity index (χ1n) is 5.76. The van der Waals surface area contributed by atoms with Gasteiger partial charge in [0.1, 0.15) is 0 Å². The molecule has 0 saturated heterocycles. The number of hydrogen-bond donors (Lipinski definition) is 3. The van der Waals surface area contributed by atoms with E-state index in [9.17, 15) is 9.59 Å². The Hall–Kier alpha value is -1.63. The van der Waals surface area contributed by atoms with Crippen molar-refractivity contribution in [3.8, 4) is 0 Å². The van der Waals surface area contributed by atoms with Crippen LogP contribution in [0.25, 0.3) is 0 Å². The van der Waals surface area contributed by atoms with E-state index in [4.69, 9.17) is 4.74 Å². The number of aromatic amines is 2. The van der Waals surface area contributed by atoms with Gasteiger partial charge in [-0.05, 0) is 25.2 Å². The van der Waals surface area contributed by atoms with Gasteiger partial charge >= 0.3 is 5.69 Å². The van der Waals surface area contributed by atoms with Crippen molar-refractivity contribution >= 4 is 5.82 Å². The molecule has 94 valence electrons. The molecule has 0 radical (unpaired) electrons. The molecule has 3 N–H and O–H groups in total. The van der Waals surface area contributed by atoms with Gasteiger partial charge in [0.25, 0.3) is 5.56 Å². The average molecular weight is 240 g/mol. The van der Waals surface area contributed by atoms with E-state index in [2.05, 4.69) is 20.5 Å². The normalized spacial score (nSPS) is 14.8. The monoisotopic (exact) mass is 240 g/mol. The number of ether oxygens (including phenoxy) is 1.